The van der Waals surface area contributed by atoms with Crippen molar-refractivity contribution in [2.24, 2.45) is 17.8 Å². The summed E-state index contributed by atoms with van der Waals surface area (Å²) in [5, 5.41) is 2.54. The zero-order chi connectivity index (χ0) is 42.2. The molecule has 64 heavy (non-hydrogen) atoms. The van der Waals surface area contributed by atoms with Crippen LogP contribution in [0.4, 0.5) is 17.1 Å². The molecule has 1 heteroatoms. The van der Waals surface area contributed by atoms with Gasteiger partial charge in [0.2, 0.25) is 0 Å². The number of anilines is 3. The lowest BCUT2D eigenvalue weighted by Crippen LogP contribution is -2.48. The molecular weight excluding hydrogens is 771 g/mol. The van der Waals surface area contributed by atoms with Crippen molar-refractivity contribution in [3.05, 3.63) is 246 Å². The monoisotopic (exact) mass is 821 g/mol. The average molecular weight is 822 g/mol. The highest BCUT2D eigenvalue weighted by Crippen LogP contribution is 2.61. The van der Waals surface area contributed by atoms with E-state index >= 15 is 0 Å². The van der Waals surface area contributed by atoms with Crippen molar-refractivity contribution in [2.45, 2.75) is 49.4 Å². The maximum atomic E-state index is 2.50. The van der Waals surface area contributed by atoms with Gasteiger partial charge in [-0.3, -0.25) is 0 Å². The lowest BCUT2D eigenvalue weighted by atomic mass is 9.48. The Morgan fingerprint density at radius 1 is 0.344 bits per heavy atom. The van der Waals surface area contributed by atoms with Gasteiger partial charge in [0, 0.05) is 17.1 Å². The first-order chi connectivity index (χ1) is 31.6. The molecule has 9 aromatic carbocycles. The van der Waals surface area contributed by atoms with Crippen LogP contribution in [0.2, 0.25) is 0 Å². The summed E-state index contributed by atoms with van der Waals surface area (Å²) in [5.74, 6) is 2.75. The quantitative estimate of drug-likeness (QED) is 0.148. The predicted molar refractivity (Wildman–Crippen MR) is 267 cm³/mol. The molecule has 0 atom stereocenters. The molecule has 4 saturated carbocycles. The number of nitrogens with zero attached hydrogens (tertiary/aromatic N) is 1. The Labute approximate surface area is 377 Å². The summed E-state index contributed by atoms with van der Waals surface area (Å²) in [6.45, 7) is 0. The third kappa shape index (κ3) is 5.83. The maximum absolute atomic E-state index is 2.50. The first-order valence-corrected chi connectivity index (χ1v) is 23.6. The second-order valence-electron chi connectivity index (χ2n) is 19.5. The number of rotatable bonds is 8. The third-order valence-electron chi connectivity index (χ3n) is 15.9. The zero-order valence-corrected chi connectivity index (χ0v) is 36.2. The van der Waals surface area contributed by atoms with Crippen molar-refractivity contribution in [3.63, 3.8) is 0 Å². The molecule has 0 spiro atoms. The van der Waals surface area contributed by atoms with E-state index in [1.165, 1.54) is 111 Å². The van der Waals surface area contributed by atoms with Crippen molar-refractivity contribution in [2.75, 3.05) is 4.90 Å². The van der Waals surface area contributed by atoms with E-state index in [2.05, 4.69) is 223 Å². The highest BCUT2D eigenvalue weighted by atomic mass is 15.1. The van der Waals surface area contributed by atoms with Crippen LogP contribution in [0.25, 0.3) is 44.2 Å². The summed E-state index contributed by atoms with van der Waals surface area (Å²) >= 11 is 0. The number of benzene rings is 9. The van der Waals surface area contributed by atoms with Crippen LogP contribution in [0.5, 0.6) is 0 Å². The second kappa shape index (κ2) is 14.8. The van der Waals surface area contributed by atoms with Gasteiger partial charge in [-0.05, 0) is 170 Å². The second-order valence-corrected chi connectivity index (χ2v) is 19.5. The van der Waals surface area contributed by atoms with Crippen LogP contribution in [0.3, 0.4) is 0 Å². The summed E-state index contributed by atoms with van der Waals surface area (Å²) < 4.78 is 0. The van der Waals surface area contributed by atoms with Gasteiger partial charge < -0.3 is 4.90 Å². The molecule has 0 aromatic heterocycles. The van der Waals surface area contributed by atoms with Crippen LogP contribution in [0, 0.1) is 17.8 Å². The van der Waals surface area contributed by atoms with E-state index in [0.29, 0.717) is 5.41 Å². The molecule has 5 aliphatic carbocycles. The van der Waals surface area contributed by atoms with E-state index in [4.69, 9.17) is 0 Å². The Morgan fingerprint density at radius 2 is 0.812 bits per heavy atom. The van der Waals surface area contributed by atoms with Crippen molar-refractivity contribution in [3.8, 4) is 33.4 Å². The first kappa shape index (κ1) is 37.6. The molecule has 9 aromatic rings. The summed E-state index contributed by atoms with van der Waals surface area (Å²) in [6, 6.07) is 82.1. The van der Waals surface area contributed by atoms with Crippen LogP contribution in [-0.4, -0.2) is 0 Å². The Kier molecular flexibility index (Phi) is 8.70. The SMILES string of the molecule is c1ccc(-c2cccc3cccc(-c4ccc(N(c5ccc(C67CC8CC(CC(C8)C6)C7)cc5)c5ccc6c(c5)-c5ccccc5C6(c5ccccc5)c5ccccc5)cc4)c23)cc1. The molecule has 4 bridgehead atoms. The van der Waals surface area contributed by atoms with Crippen LogP contribution in [0.1, 0.15) is 66.3 Å². The van der Waals surface area contributed by atoms with Crippen LogP contribution in [-0.2, 0) is 10.8 Å². The molecule has 0 radical (unpaired) electrons. The third-order valence-corrected chi connectivity index (χ3v) is 15.9. The largest absolute Gasteiger partial charge is 0.310 e. The zero-order valence-electron chi connectivity index (χ0n) is 36.2. The standard InChI is InChI=1S/C63H51N/c1-4-14-46(15-5-1)55-23-12-16-48-17-13-24-56(61(48)55)47-26-30-52(31-27-47)64(53-32-28-49(29-33-53)62-40-43-36-44(41-62)38-45(37-43)42-62)54-34-35-60-58(39-54)57-22-10-11-25-59(57)63(60,50-18-6-2-7-19-50)51-20-8-3-9-21-51/h1-35,39,43-45H,36-38,40-42H2. The van der Waals surface area contributed by atoms with Gasteiger partial charge in [-0.15, -0.1) is 0 Å². The molecule has 5 aliphatic rings. The first-order valence-electron chi connectivity index (χ1n) is 23.6. The van der Waals surface area contributed by atoms with Gasteiger partial charge >= 0.3 is 0 Å². The molecular formula is C63H51N. The van der Waals surface area contributed by atoms with E-state index in [-0.39, 0.29) is 0 Å². The van der Waals surface area contributed by atoms with E-state index < -0.39 is 5.41 Å². The van der Waals surface area contributed by atoms with Crippen molar-refractivity contribution < 1.29 is 0 Å². The van der Waals surface area contributed by atoms with Gasteiger partial charge in [0.05, 0.1) is 5.41 Å². The molecule has 4 fully saturated rings. The topological polar surface area (TPSA) is 3.24 Å². The van der Waals surface area contributed by atoms with E-state index in [9.17, 15) is 0 Å². The molecule has 0 unspecified atom stereocenters. The van der Waals surface area contributed by atoms with Gasteiger partial charge in [0.15, 0.2) is 0 Å². The van der Waals surface area contributed by atoms with Crippen LogP contribution < -0.4 is 4.90 Å². The lowest BCUT2D eigenvalue weighted by Gasteiger charge is -2.57. The van der Waals surface area contributed by atoms with Crippen molar-refractivity contribution in [1.82, 2.24) is 0 Å². The van der Waals surface area contributed by atoms with E-state index in [1.54, 1.807) is 5.56 Å². The smallest absolute Gasteiger partial charge is 0.0713 e. The minimum absolute atomic E-state index is 0.353. The summed E-state index contributed by atoms with van der Waals surface area (Å²) in [6.07, 6.45) is 8.51. The molecule has 308 valence electrons. The van der Waals surface area contributed by atoms with Crippen LogP contribution in [0.15, 0.2) is 218 Å². The fraction of sp³-hybridized carbons (Fsp3) is 0.175. The minimum Gasteiger partial charge on any atom is -0.310 e. The molecule has 0 amide bonds. The Hall–Kier alpha value is -6.96. The van der Waals surface area contributed by atoms with Gasteiger partial charge in [0.1, 0.15) is 0 Å². The van der Waals surface area contributed by atoms with Gasteiger partial charge in [-0.1, -0.05) is 182 Å². The molecule has 0 heterocycles. The Bertz CT molecular complexity index is 3080. The molecule has 1 nitrogen and oxygen atoms in total. The predicted octanol–water partition coefficient (Wildman–Crippen LogP) is 16.5. The highest BCUT2D eigenvalue weighted by Gasteiger charge is 2.51. The number of hydrogen-bond donors (Lipinski definition) is 0. The summed E-state index contributed by atoms with van der Waals surface area (Å²) in [7, 11) is 0. The van der Waals surface area contributed by atoms with E-state index in [0.717, 1.165) is 29.1 Å². The van der Waals surface area contributed by atoms with Gasteiger partial charge in [-0.25, -0.2) is 0 Å². The fourth-order valence-electron chi connectivity index (χ4n) is 13.7. The fourth-order valence-corrected chi connectivity index (χ4v) is 13.7. The van der Waals surface area contributed by atoms with Gasteiger partial charge in [-0.2, -0.15) is 0 Å². The van der Waals surface area contributed by atoms with Crippen molar-refractivity contribution in [1.29, 1.82) is 0 Å². The lowest BCUT2D eigenvalue weighted by molar-refractivity contribution is -0.00518. The average Bonchev–Trinajstić information content (AvgIpc) is 3.65. The molecule has 0 saturated heterocycles. The molecule has 0 aliphatic heterocycles. The van der Waals surface area contributed by atoms with Crippen molar-refractivity contribution >= 4 is 27.8 Å². The van der Waals surface area contributed by atoms with E-state index in [1.807, 2.05) is 0 Å². The number of fused-ring (bicyclic) bond motifs is 4. The highest BCUT2D eigenvalue weighted by molar-refractivity contribution is 6.06. The molecule has 0 N–H and O–H groups in total. The van der Waals surface area contributed by atoms with Gasteiger partial charge in [0.25, 0.3) is 0 Å². The minimum atomic E-state index is -0.434. The number of hydrogen-bond acceptors (Lipinski definition) is 1. The Balaban J connectivity index is 0.965. The Morgan fingerprint density at radius 3 is 1.41 bits per heavy atom. The summed E-state index contributed by atoms with van der Waals surface area (Å²) in [4.78, 5) is 2.50. The summed E-state index contributed by atoms with van der Waals surface area (Å²) in [5.41, 5.74) is 17.8. The normalized spacial score (nSPS) is 21.1. The molecule has 14 rings (SSSR count). The van der Waals surface area contributed by atoms with Crippen LogP contribution >= 0.6 is 0 Å². The maximum Gasteiger partial charge on any atom is 0.0713 e.